The van der Waals surface area contributed by atoms with Gasteiger partial charge in [0.1, 0.15) is 5.76 Å². The molecule has 0 saturated carbocycles. The number of hydrogen-bond donors (Lipinski definition) is 3. The minimum absolute atomic E-state index is 0. The van der Waals surface area contributed by atoms with Gasteiger partial charge in [-0.25, -0.2) is 0 Å². The zero-order valence-corrected chi connectivity index (χ0v) is 18.0. The van der Waals surface area contributed by atoms with Crippen molar-refractivity contribution in [3.63, 3.8) is 0 Å². The van der Waals surface area contributed by atoms with Gasteiger partial charge in [-0.1, -0.05) is 13.8 Å². The van der Waals surface area contributed by atoms with E-state index in [1.165, 1.54) is 0 Å². The Labute approximate surface area is 167 Å². The summed E-state index contributed by atoms with van der Waals surface area (Å²) in [6.45, 7) is 10.3. The number of primary amides is 1. The smallest absolute Gasteiger partial charge is 0.284 e. The third kappa shape index (κ3) is 9.10. The Balaban J connectivity index is 0.00000576. The second-order valence-corrected chi connectivity index (χ2v) is 5.77. The van der Waals surface area contributed by atoms with Gasteiger partial charge >= 0.3 is 0 Å². The summed E-state index contributed by atoms with van der Waals surface area (Å²) in [5, 5.41) is 6.54. The summed E-state index contributed by atoms with van der Waals surface area (Å²) < 4.78 is 5.34. The minimum Gasteiger partial charge on any atom is -0.454 e. The SMILES string of the molecule is CCN(CC)CCCC(C)NC(=NC)NCc1ccc(C(N)=O)o1.I. The van der Waals surface area contributed by atoms with Gasteiger partial charge < -0.3 is 25.7 Å². The lowest BCUT2D eigenvalue weighted by Gasteiger charge is -2.21. The number of halogens is 1. The fourth-order valence-electron chi connectivity index (χ4n) is 2.44. The molecule has 1 heterocycles. The molecular formula is C17H32IN5O2. The predicted molar refractivity (Wildman–Crippen MR) is 112 cm³/mol. The van der Waals surface area contributed by atoms with Gasteiger partial charge in [0.05, 0.1) is 6.54 Å². The number of nitrogens with two attached hydrogens (primary N) is 1. The number of hydrogen-bond acceptors (Lipinski definition) is 4. The van der Waals surface area contributed by atoms with Crippen molar-refractivity contribution in [3.05, 3.63) is 23.7 Å². The lowest BCUT2D eigenvalue weighted by molar-refractivity contribution is 0.0972. The van der Waals surface area contributed by atoms with Crippen LogP contribution in [0.1, 0.15) is 49.9 Å². The maximum atomic E-state index is 11.0. The van der Waals surface area contributed by atoms with E-state index < -0.39 is 5.91 Å². The Kier molecular flexibility index (Phi) is 12.3. The lowest BCUT2D eigenvalue weighted by Crippen LogP contribution is -2.42. The molecule has 0 saturated heterocycles. The summed E-state index contributed by atoms with van der Waals surface area (Å²) in [7, 11) is 1.73. The van der Waals surface area contributed by atoms with Crippen LogP contribution in [-0.4, -0.2) is 49.5 Å². The minimum atomic E-state index is -0.564. The molecule has 0 aliphatic rings. The van der Waals surface area contributed by atoms with Gasteiger partial charge in [-0.15, -0.1) is 24.0 Å². The van der Waals surface area contributed by atoms with Crippen molar-refractivity contribution in [2.45, 2.75) is 46.2 Å². The highest BCUT2D eigenvalue weighted by molar-refractivity contribution is 14.0. The number of amides is 1. The predicted octanol–water partition coefficient (Wildman–Crippen LogP) is 2.17. The summed E-state index contributed by atoms with van der Waals surface area (Å²) in [4.78, 5) is 17.6. The monoisotopic (exact) mass is 465 g/mol. The summed E-state index contributed by atoms with van der Waals surface area (Å²) in [6, 6.07) is 3.63. The Morgan fingerprint density at radius 2 is 2.04 bits per heavy atom. The molecule has 0 aliphatic heterocycles. The van der Waals surface area contributed by atoms with Crippen LogP contribution in [0.2, 0.25) is 0 Å². The van der Waals surface area contributed by atoms with Crippen molar-refractivity contribution in [2.75, 3.05) is 26.7 Å². The van der Waals surface area contributed by atoms with Crippen LogP contribution >= 0.6 is 24.0 Å². The number of aliphatic imine (C=N–C) groups is 1. The topological polar surface area (TPSA) is 95.9 Å². The van der Waals surface area contributed by atoms with Crippen molar-refractivity contribution < 1.29 is 9.21 Å². The number of nitrogens with one attached hydrogen (secondary N) is 2. The zero-order valence-electron chi connectivity index (χ0n) is 15.7. The van der Waals surface area contributed by atoms with Crippen molar-refractivity contribution in [1.29, 1.82) is 0 Å². The molecule has 0 radical (unpaired) electrons. The zero-order chi connectivity index (χ0) is 17.9. The average Bonchev–Trinajstić information content (AvgIpc) is 3.04. The molecule has 8 heteroatoms. The number of nitrogens with zero attached hydrogens (tertiary/aromatic N) is 2. The van der Waals surface area contributed by atoms with Crippen LogP contribution in [0.15, 0.2) is 21.5 Å². The number of furan rings is 1. The second kappa shape index (κ2) is 13.0. The standard InChI is InChI=1S/C17H31N5O2.HI/c1-5-22(6-2)11-7-8-13(3)21-17(19-4)20-12-14-9-10-15(24-14)16(18)23;/h9-10,13H,5-8,11-12H2,1-4H3,(H2,18,23)(H2,19,20,21);1H. The molecule has 1 amide bonds. The maximum absolute atomic E-state index is 11.0. The first-order valence-corrected chi connectivity index (χ1v) is 8.58. The van der Waals surface area contributed by atoms with E-state index >= 15 is 0 Å². The van der Waals surface area contributed by atoms with Crippen molar-refractivity contribution in [3.8, 4) is 0 Å². The first-order chi connectivity index (χ1) is 11.5. The summed E-state index contributed by atoms with van der Waals surface area (Å²) in [5.74, 6) is 0.952. The molecule has 7 nitrogen and oxygen atoms in total. The van der Waals surface area contributed by atoms with Crippen LogP contribution in [-0.2, 0) is 6.54 Å². The highest BCUT2D eigenvalue weighted by Crippen LogP contribution is 2.06. The molecule has 0 fully saturated rings. The molecule has 0 bridgehead atoms. The Hall–Kier alpha value is -1.29. The number of carbonyl (C=O) groups excluding carboxylic acids is 1. The van der Waals surface area contributed by atoms with Crippen molar-refractivity contribution in [2.24, 2.45) is 10.7 Å². The van der Waals surface area contributed by atoms with Gasteiger partial charge in [0.25, 0.3) is 5.91 Å². The fourth-order valence-corrected chi connectivity index (χ4v) is 2.44. The van der Waals surface area contributed by atoms with Gasteiger partial charge in [-0.2, -0.15) is 0 Å². The van der Waals surface area contributed by atoms with Crippen molar-refractivity contribution >= 4 is 35.8 Å². The molecule has 0 aromatic carbocycles. The molecule has 1 unspecified atom stereocenters. The van der Waals surface area contributed by atoms with Crippen LogP contribution < -0.4 is 16.4 Å². The van der Waals surface area contributed by atoms with E-state index in [2.05, 4.69) is 41.3 Å². The van der Waals surface area contributed by atoms with Gasteiger partial charge in [-0.05, 0) is 51.5 Å². The molecule has 25 heavy (non-hydrogen) atoms. The second-order valence-electron chi connectivity index (χ2n) is 5.77. The Bertz CT molecular complexity index is 529. The first-order valence-electron chi connectivity index (χ1n) is 8.58. The van der Waals surface area contributed by atoms with E-state index in [0.717, 1.165) is 32.5 Å². The van der Waals surface area contributed by atoms with E-state index in [9.17, 15) is 4.79 Å². The van der Waals surface area contributed by atoms with E-state index in [1.807, 2.05) is 0 Å². The van der Waals surface area contributed by atoms with E-state index in [1.54, 1.807) is 19.2 Å². The Morgan fingerprint density at radius 3 is 2.56 bits per heavy atom. The molecule has 0 spiro atoms. The third-order valence-electron chi connectivity index (χ3n) is 3.95. The highest BCUT2D eigenvalue weighted by Gasteiger charge is 2.09. The van der Waals surface area contributed by atoms with Gasteiger partial charge in [0, 0.05) is 13.1 Å². The van der Waals surface area contributed by atoms with E-state index in [-0.39, 0.29) is 29.7 Å². The lowest BCUT2D eigenvalue weighted by atomic mass is 10.2. The van der Waals surface area contributed by atoms with Crippen LogP contribution in [0, 0.1) is 0 Å². The Morgan fingerprint density at radius 1 is 1.36 bits per heavy atom. The van der Waals surface area contributed by atoms with Gasteiger partial charge in [-0.3, -0.25) is 9.79 Å². The van der Waals surface area contributed by atoms with E-state index in [0.29, 0.717) is 24.3 Å². The fraction of sp³-hybridized carbons (Fsp3) is 0.647. The van der Waals surface area contributed by atoms with Gasteiger partial charge in [0.15, 0.2) is 11.7 Å². The molecule has 1 rings (SSSR count). The molecule has 1 aromatic rings. The highest BCUT2D eigenvalue weighted by atomic mass is 127. The average molecular weight is 465 g/mol. The van der Waals surface area contributed by atoms with Crippen LogP contribution in [0.3, 0.4) is 0 Å². The molecule has 0 aliphatic carbocycles. The largest absolute Gasteiger partial charge is 0.454 e. The number of guanidine groups is 1. The molecule has 4 N–H and O–H groups in total. The molecule has 1 atom stereocenters. The van der Waals surface area contributed by atoms with Crippen LogP contribution in [0.5, 0.6) is 0 Å². The summed E-state index contributed by atoms with van der Waals surface area (Å²) >= 11 is 0. The maximum Gasteiger partial charge on any atom is 0.284 e. The normalized spacial score (nSPS) is 12.6. The van der Waals surface area contributed by atoms with Gasteiger partial charge in [0.2, 0.25) is 0 Å². The van der Waals surface area contributed by atoms with Crippen molar-refractivity contribution in [1.82, 2.24) is 15.5 Å². The number of rotatable bonds is 10. The number of carbonyl (C=O) groups is 1. The third-order valence-corrected chi connectivity index (χ3v) is 3.95. The quantitative estimate of drug-likeness (QED) is 0.280. The summed E-state index contributed by atoms with van der Waals surface area (Å²) in [5.41, 5.74) is 5.17. The first kappa shape index (κ1) is 23.7. The molecular weight excluding hydrogens is 433 g/mol. The van der Waals surface area contributed by atoms with E-state index in [4.69, 9.17) is 10.2 Å². The molecule has 144 valence electrons. The molecule has 1 aromatic heterocycles. The van der Waals surface area contributed by atoms with Crippen LogP contribution in [0.25, 0.3) is 0 Å². The van der Waals surface area contributed by atoms with Crippen LogP contribution in [0.4, 0.5) is 0 Å². The summed E-state index contributed by atoms with van der Waals surface area (Å²) in [6.07, 6.45) is 2.22.